The molecule has 0 bridgehead atoms. The van der Waals surface area contributed by atoms with Crippen LogP contribution in [0.3, 0.4) is 0 Å². The monoisotopic (exact) mass is 1020 g/mol. The molecule has 0 aliphatic heterocycles. The number of rotatable bonds is 8. The Balaban J connectivity index is 0.947. The first-order valence-corrected chi connectivity index (χ1v) is 28.5. The second kappa shape index (κ2) is 18.0. The van der Waals surface area contributed by atoms with Gasteiger partial charge in [0.05, 0.1) is 11.1 Å². The summed E-state index contributed by atoms with van der Waals surface area (Å²) in [6.45, 7) is 19.2. The van der Waals surface area contributed by atoms with Gasteiger partial charge in [-0.15, -0.1) is 0 Å². The molecule has 384 valence electrons. The van der Waals surface area contributed by atoms with E-state index in [2.05, 4.69) is 303 Å². The molecule has 11 aromatic rings. The van der Waals surface area contributed by atoms with Gasteiger partial charge in [-0.3, -0.25) is 0 Å². The van der Waals surface area contributed by atoms with Crippen LogP contribution in [-0.4, -0.2) is 0 Å². The zero-order valence-corrected chi connectivity index (χ0v) is 46.8. The Labute approximate surface area is 467 Å². The van der Waals surface area contributed by atoms with Crippen LogP contribution >= 0.6 is 0 Å². The average Bonchev–Trinajstić information content (AvgIpc) is 2.10. The first-order valence-electron chi connectivity index (χ1n) is 28.5. The van der Waals surface area contributed by atoms with Crippen molar-refractivity contribution in [2.45, 2.75) is 78.6 Å². The van der Waals surface area contributed by atoms with Crippen LogP contribution in [0.25, 0.3) is 77.5 Å². The van der Waals surface area contributed by atoms with Crippen molar-refractivity contribution >= 4 is 27.8 Å². The fraction of sp³-hybridized carbons (Fsp3) is 0.179. The van der Waals surface area contributed by atoms with Crippen LogP contribution in [0.4, 0.5) is 17.1 Å². The van der Waals surface area contributed by atoms with Crippen molar-refractivity contribution in [3.63, 3.8) is 0 Å². The Morgan fingerprint density at radius 2 is 0.785 bits per heavy atom. The highest BCUT2D eigenvalue weighted by Gasteiger charge is 2.52. The van der Waals surface area contributed by atoms with Gasteiger partial charge in [0.15, 0.2) is 0 Å². The molecule has 14 rings (SSSR count). The minimum absolute atomic E-state index is 0.0815. The third-order valence-electron chi connectivity index (χ3n) is 18.1. The van der Waals surface area contributed by atoms with Crippen molar-refractivity contribution in [2.24, 2.45) is 10.8 Å². The normalized spacial score (nSPS) is 15.7. The van der Waals surface area contributed by atoms with Gasteiger partial charge >= 0.3 is 0 Å². The van der Waals surface area contributed by atoms with Crippen LogP contribution in [0.2, 0.25) is 0 Å². The molecule has 1 spiro atoms. The van der Waals surface area contributed by atoms with Crippen LogP contribution < -0.4 is 4.90 Å². The van der Waals surface area contributed by atoms with Crippen LogP contribution in [-0.2, 0) is 10.8 Å². The summed E-state index contributed by atoms with van der Waals surface area (Å²) in [4.78, 5) is 2.49. The molecular formula is C78H67N. The lowest BCUT2D eigenvalue weighted by Gasteiger charge is -2.37. The van der Waals surface area contributed by atoms with Crippen LogP contribution in [0.1, 0.15) is 107 Å². The Hall–Kier alpha value is -8.52. The zero-order valence-electron chi connectivity index (χ0n) is 46.8. The Morgan fingerprint density at radius 1 is 0.342 bits per heavy atom. The number of fused-ring (bicyclic) bond motifs is 14. The zero-order chi connectivity index (χ0) is 54.0. The minimum atomic E-state index is -0.521. The standard InChI is InChI=1S/C78H67N/c1-75(2,3)49-73(76(4,5)6)59-26-14-12-24-56(59)52-36-41-64-61-28-17-20-32-68(61)78(71(64)46-52)69-33-21-18-29-62(69)65-42-37-53(47-72(65)78)57-44-45-74(66-30-15-13-25-58(57)66)79(54-38-34-51(35-39-54)50-22-10-9-11-23-50)55-40-43-63-60-27-16-19-31-67(60)77(7,8)70(63)48-55/h9-48,73H,49H2,1-8H3. The summed E-state index contributed by atoms with van der Waals surface area (Å²) < 4.78 is 0. The Bertz CT molecular complexity index is 4200. The molecule has 0 N–H and O–H groups in total. The molecule has 11 aromatic carbocycles. The maximum Gasteiger partial charge on any atom is 0.0725 e. The summed E-state index contributed by atoms with van der Waals surface area (Å²) in [5.41, 5.74) is 28.0. The summed E-state index contributed by atoms with van der Waals surface area (Å²) in [6.07, 6.45) is 1.11. The fourth-order valence-electron chi connectivity index (χ4n) is 14.5. The number of hydrogen-bond acceptors (Lipinski definition) is 1. The van der Waals surface area contributed by atoms with Crippen molar-refractivity contribution in [2.75, 3.05) is 4.90 Å². The highest BCUT2D eigenvalue weighted by Crippen LogP contribution is 2.64. The molecule has 3 aliphatic carbocycles. The molecule has 79 heavy (non-hydrogen) atoms. The van der Waals surface area contributed by atoms with E-state index in [9.17, 15) is 0 Å². The number of anilines is 3. The first kappa shape index (κ1) is 48.8. The number of nitrogens with zero attached hydrogens (tertiary/aromatic N) is 1. The van der Waals surface area contributed by atoms with Crippen molar-refractivity contribution in [1.29, 1.82) is 0 Å². The SMILES string of the molecule is CC(C)(C)CC(c1ccccc1-c1ccc2c(c1)C1(c3ccccc3-2)c2ccccc2-c2ccc(-c3ccc(N(c4ccc(-c5ccccc5)cc4)c4ccc5c(c4)C(C)(C)c4ccccc4-5)c4ccccc34)cc21)C(C)(C)C. The molecule has 0 radical (unpaired) electrons. The minimum Gasteiger partial charge on any atom is -0.310 e. The van der Waals surface area contributed by atoms with Gasteiger partial charge in [0.25, 0.3) is 0 Å². The third kappa shape index (κ3) is 7.64. The topological polar surface area (TPSA) is 3.24 Å². The highest BCUT2D eigenvalue weighted by atomic mass is 15.1. The molecule has 2 unspecified atom stereocenters. The third-order valence-corrected chi connectivity index (χ3v) is 18.1. The maximum absolute atomic E-state index is 2.58. The van der Waals surface area contributed by atoms with E-state index < -0.39 is 5.41 Å². The van der Waals surface area contributed by atoms with E-state index in [-0.39, 0.29) is 16.2 Å². The quantitative estimate of drug-likeness (QED) is 0.147. The predicted molar refractivity (Wildman–Crippen MR) is 335 cm³/mol. The predicted octanol–water partition coefficient (Wildman–Crippen LogP) is 21.5. The van der Waals surface area contributed by atoms with E-state index in [4.69, 9.17) is 0 Å². The Morgan fingerprint density at radius 3 is 1.41 bits per heavy atom. The maximum atomic E-state index is 2.58. The van der Waals surface area contributed by atoms with Gasteiger partial charge in [-0.2, -0.15) is 0 Å². The van der Waals surface area contributed by atoms with Crippen LogP contribution in [0.15, 0.2) is 243 Å². The van der Waals surface area contributed by atoms with Gasteiger partial charge in [0.1, 0.15) is 0 Å². The summed E-state index contributed by atoms with van der Waals surface area (Å²) in [5, 5.41) is 2.42. The van der Waals surface area contributed by atoms with E-state index in [0.717, 1.165) is 23.5 Å². The summed E-state index contributed by atoms with van der Waals surface area (Å²) in [5.74, 6) is 0.380. The van der Waals surface area contributed by atoms with Crippen molar-refractivity contribution in [3.8, 4) is 66.8 Å². The number of benzene rings is 11. The van der Waals surface area contributed by atoms with Crippen LogP contribution in [0.5, 0.6) is 0 Å². The van der Waals surface area contributed by atoms with E-state index in [0.29, 0.717) is 5.92 Å². The van der Waals surface area contributed by atoms with E-state index in [1.54, 1.807) is 0 Å². The fourth-order valence-corrected chi connectivity index (χ4v) is 14.5. The van der Waals surface area contributed by atoms with Gasteiger partial charge in [0.2, 0.25) is 0 Å². The molecular weight excluding hydrogens is 951 g/mol. The Kier molecular flexibility index (Phi) is 11.1. The molecule has 0 saturated heterocycles. The van der Waals surface area contributed by atoms with E-state index >= 15 is 0 Å². The van der Waals surface area contributed by atoms with Crippen molar-refractivity contribution in [3.05, 3.63) is 282 Å². The van der Waals surface area contributed by atoms with Crippen molar-refractivity contribution in [1.82, 2.24) is 0 Å². The van der Waals surface area contributed by atoms with E-state index in [1.807, 2.05) is 0 Å². The highest BCUT2D eigenvalue weighted by molar-refractivity contribution is 6.07. The van der Waals surface area contributed by atoms with Gasteiger partial charge < -0.3 is 4.90 Å². The first-order chi connectivity index (χ1) is 38.2. The molecule has 0 fully saturated rings. The smallest absolute Gasteiger partial charge is 0.0725 e. The van der Waals surface area contributed by atoms with E-state index in [1.165, 1.54) is 116 Å². The molecule has 2 atom stereocenters. The lowest BCUT2D eigenvalue weighted by molar-refractivity contribution is 0.229. The number of hydrogen-bond donors (Lipinski definition) is 0. The molecule has 0 saturated carbocycles. The summed E-state index contributed by atoms with van der Waals surface area (Å²) in [7, 11) is 0. The molecule has 1 nitrogen and oxygen atoms in total. The molecule has 3 aliphatic rings. The van der Waals surface area contributed by atoms with Crippen molar-refractivity contribution < 1.29 is 0 Å². The van der Waals surface area contributed by atoms with Crippen LogP contribution in [0, 0.1) is 10.8 Å². The molecule has 0 amide bonds. The molecule has 0 heterocycles. The second-order valence-corrected chi connectivity index (χ2v) is 25.5. The molecule has 1 heteroatoms. The van der Waals surface area contributed by atoms with Gasteiger partial charge in [-0.25, -0.2) is 0 Å². The largest absolute Gasteiger partial charge is 0.310 e. The average molecular weight is 1020 g/mol. The molecule has 0 aromatic heterocycles. The lowest BCUT2D eigenvalue weighted by atomic mass is 9.67. The lowest BCUT2D eigenvalue weighted by Crippen LogP contribution is -2.26. The summed E-state index contributed by atoms with van der Waals surface area (Å²) >= 11 is 0. The second-order valence-electron chi connectivity index (χ2n) is 25.5. The summed E-state index contributed by atoms with van der Waals surface area (Å²) in [6, 6.07) is 92.3. The van der Waals surface area contributed by atoms with Gasteiger partial charge in [-0.1, -0.05) is 256 Å². The van der Waals surface area contributed by atoms with Gasteiger partial charge in [0, 0.05) is 22.2 Å². The van der Waals surface area contributed by atoms with Gasteiger partial charge in [-0.05, 0) is 177 Å².